The smallest absolute Gasteiger partial charge is 0.324 e. The molecule has 8 heteroatoms. The summed E-state index contributed by atoms with van der Waals surface area (Å²) < 4.78 is 15.1. The summed E-state index contributed by atoms with van der Waals surface area (Å²) in [6.45, 7) is 2.44. The normalized spacial score (nSPS) is 10.2. The molecule has 8 nitrogen and oxygen atoms in total. The Morgan fingerprint density at radius 1 is 1.06 bits per heavy atom. The second-order valence-electron chi connectivity index (χ2n) is 3.31. The van der Waals surface area contributed by atoms with Crippen molar-refractivity contribution in [3.63, 3.8) is 0 Å². The van der Waals surface area contributed by atoms with Gasteiger partial charge in [0, 0.05) is 19.7 Å². The van der Waals surface area contributed by atoms with Crippen LogP contribution >= 0.6 is 0 Å². The lowest BCUT2D eigenvalue weighted by Crippen LogP contribution is -2.13. The second kappa shape index (κ2) is 8.43. The molecular formula is C10H19N5O3. The van der Waals surface area contributed by atoms with Gasteiger partial charge in [-0.2, -0.15) is 9.97 Å². The minimum atomic E-state index is 0.212. The maximum absolute atomic E-state index is 5.30. The molecule has 3 N–H and O–H groups in total. The highest BCUT2D eigenvalue weighted by atomic mass is 16.5. The topological polar surface area (TPSA) is 104 Å². The van der Waals surface area contributed by atoms with Gasteiger partial charge < -0.3 is 25.3 Å². The molecular weight excluding hydrogens is 238 g/mol. The van der Waals surface area contributed by atoms with E-state index in [0.29, 0.717) is 32.3 Å². The van der Waals surface area contributed by atoms with Crippen LogP contribution in [0.4, 0.5) is 5.95 Å². The van der Waals surface area contributed by atoms with Crippen LogP contribution in [-0.4, -0.2) is 55.5 Å². The first-order chi connectivity index (χ1) is 8.80. The number of anilines is 1. The number of nitrogens with one attached hydrogen (secondary N) is 1. The molecule has 0 atom stereocenters. The van der Waals surface area contributed by atoms with Crippen LogP contribution < -0.4 is 20.5 Å². The number of hydrogen-bond acceptors (Lipinski definition) is 8. The predicted octanol–water partition coefficient (Wildman–Crippen LogP) is -0.334. The van der Waals surface area contributed by atoms with Crippen molar-refractivity contribution < 1.29 is 14.2 Å². The number of nitrogens with zero attached hydrogens (tertiary/aromatic N) is 3. The number of nitrogens with two attached hydrogens (primary N) is 1. The number of methoxy groups -OCH3 is 2. The summed E-state index contributed by atoms with van der Waals surface area (Å²) in [6, 6.07) is 0.424. The monoisotopic (exact) mass is 257 g/mol. The van der Waals surface area contributed by atoms with E-state index < -0.39 is 0 Å². The van der Waals surface area contributed by atoms with E-state index in [9.17, 15) is 0 Å². The molecule has 102 valence electrons. The van der Waals surface area contributed by atoms with Crippen LogP contribution in [0.2, 0.25) is 0 Å². The molecule has 1 aromatic rings. The zero-order valence-corrected chi connectivity index (χ0v) is 10.7. The minimum Gasteiger partial charge on any atom is -0.467 e. The summed E-state index contributed by atoms with van der Waals surface area (Å²) in [5, 5.41) is 3.04. The van der Waals surface area contributed by atoms with E-state index in [2.05, 4.69) is 20.3 Å². The van der Waals surface area contributed by atoms with Gasteiger partial charge in [0.1, 0.15) is 0 Å². The predicted molar refractivity (Wildman–Crippen MR) is 65.9 cm³/mol. The summed E-state index contributed by atoms with van der Waals surface area (Å²) >= 11 is 0. The van der Waals surface area contributed by atoms with E-state index in [1.165, 1.54) is 14.2 Å². The van der Waals surface area contributed by atoms with Gasteiger partial charge in [0.05, 0.1) is 20.8 Å². The largest absolute Gasteiger partial charge is 0.467 e. The van der Waals surface area contributed by atoms with E-state index in [0.717, 1.165) is 6.42 Å². The summed E-state index contributed by atoms with van der Waals surface area (Å²) in [6.07, 6.45) is 0.830. The molecule has 0 aliphatic carbocycles. The molecule has 1 heterocycles. The van der Waals surface area contributed by atoms with Crippen molar-refractivity contribution in [2.75, 3.05) is 45.8 Å². The lowest BCUT2D eigenvalue weighted by atomic mass is 10.4. The zero-order valence-electron chi connectivity index (χ0n) is 10.7. The average molecular weight is 257 g/mol. The second-order valence-corrected chi connectivity index (χ2v) is 3.31. The molecule has 0 radical (unpaired) electrons. The van der Waals surface area contributed by atoms with Crippen molar-refractivity contribution >= 4 is 5.95 Å². The first-order valence-corrected chi connectivity index (χ1v) is 5.66. The van der Waals surface area contributed by atoms with Gasteiger partial charge in [-0.3, -0.25) is 0 Å². The van der Waals surface area contributed by atoms with E-state index in [-0.39, 0.29) is 12.0 Å². The minimum absolute atomic E-state index is 0.212. The van der Waals surface area contributed by atoms with Gasteiger partial charge in [0.2, 0.25) is 5.95 Å². The number of ether oxygens (including phenoxy) is 3. The molecule has 0 fully saturated rings. The molecule has 0 saturated heterocycles. The summed E-state index contributed by atoms with van der Waals surface area (Å²) in [7, 11) is 2.97. The third-order valence-electron chi connectivity index (χ3n) is 1.97. The Morgan fingerprint density at radius 2 is 1.72 bits per heavy atom. The molecule has 18 heavy (non-hydrogen) atoms. The fraction of sp³-hybridized carbons (Fsp3) is 0.700. The molecule has 0 bridgehead atoms. The Labute approximate surface area is 106 Å². The van der Waals surface area contributed by atoms with Crippen molar-refractivity contribution in [3.8, 4) is 12.0 Å². The Morgan fingerprint density at radius 3 is 2.28 bits per heavy atom. The van der Waals surface area contributed by atoms with Gasteiger partial charge in [-0.25, -0.2) is 0 Å². The fourth-order valence-corrected chi connectivity index (χ4v) is 1.16. The van der Waals surface area contributed by atoms with Crippen LogP contribution in [-0.2, 0) is 4.74 Å². The number of rotatable bonds is 9. The van der Waals surface area contributed by atoms with Gasteiger partial charge in [0.15, 0.2) is 0 Å². The summed E-state index contributed by atoms with van der Waals surface area (Å²) in [5.41, 5.74) is 5.30. The highest BCUT2D eigenvalue weighted by Crippen LogP contribution is 2.11. The Hall–Kier alpha value is -1.67. The Balaban J connectivity index is 2.36. The van der Waals surface area contributed by atoms with Crippen molar-refractivity contribution in [3.05, 3.63) is 0 Å². The first kappa shape index (κ1) is 14.4. The van der Waals surface area contributed by atoms with Gasteiger partial charge in [-0.05, 0) is 6.42 Å². The molecule has 0 aliphatic rings. The van der Waals surface area contributed by atoms with Crippen LogP contribution in [0.3, 0.4) is 0 Å². The molecule has 0 spiro atoms. The van der Waals surface area contributed by atoms with Crippen LogP contribution in [0.25, 0.3) is 0 Å². The van der Waals surface area contributed by atoms with Crippen molar-refractivity contribution in [1.29, 1.82) is 0 Å². The standard InChI is InChI=1S/C10H19N5O3/c1-16-9-13-8(14-10(15-9)17-2)12-5-3-6-18-7-4-11/h3-7,11H2,1-2H3,(H,12,13,14,15). The van der Waals surface area contributed by atoms with Crippen LogP contribution in [0, 0.1) is 0 Å². The van der Waals surface area contributed by atoms with E-state index in [1.807, 2.05) is 0 Å². The maximum atomic E-state index is 5.30. The quantitative estimate of drug-likeness (QED) is 0.579. The van der Waals surface area contributed by atoms with Gasteiger partial charge >= 0.3 is 12.0 Å². The zero-order chi connectivity index (χ0) is 13.2. The summed E-state index contributed by atoms with van der Waals surface area (Å²) in [4.78, 5) is 12.0. The molecule has 0 aromatic carbocycles. The fourth-order valence-electron chi connectivity index (χ4n) is 1.16. The maximum Gasteiger partial charge on any atom is 0.324 e. The Bertz CT molecular complexity index is 328. The lowest BCUT2D eigenvalue weighted by Gasteiger charge is -2.07. The van der Waals surface area contributed by atoms with Crippen LogP contribution in [0.15, 0.2) is 0 Å². The molecule has 0 aliphatic heterocycles. The summed E-state index contributed by atoms with van der Waals surface area (Å²) in [5.74, 6) is 0.414. The molecule has 1 aromatic heterocycles. The highest BCUT2D eigenvalue weighted by molar-refractivity contribution is 5.27. The van der Waals surface area contributed by atoms with Crippen LogP contribution in [0.5, 0.6) is 12.0 Å². The number of hydrogen-bond donors (Lipinski definition) is 2. The molecule has 0 amide bonds. The lowest BCUT2D eigenvalue weighted by molar-refractivity contribution is 0.141. The first-order valence-electron chi connectivity index (χ1n) is 5.66. The third-order valence-corrected chi connectivity index (χ3v) is 1.97. The van der Waals surface area contributed by atoms with Crippen molar-refractivity contribution in [1.82, 2.24) is 15.0 Å². The average Bonchev–Trinajstić information content (AvgIpc) is 2.42. The Kier molecular flexibility index (Phi) is 6.74. The van der Waals surface area contributed by atoms with E-state index in [4.69, 9.17) is 19.9 Å². The van der Waals surface area contributed by atoms with E-state index >= 15 is 0 Å². The molecule has 1 rings (SSSR count). The highest BCUT2D eigenvalue weighted by Gasteiger charge is 2.05. The van der Waals surface area contributed by atoms with Crippen molar-refractivity contribution in [2.24, 2.45) is 5.73 Å². The van der Waals surface area contributed by atoms with Gasteiger partial charge in [-0.15, -0.1) is 4.98 Å². The van der Waals surface area contributed by atoms with Crippen LogP contribution in [0.1, 0.15) is 6.42 Å². The number of aromatic nitrogens is 3. The SMILES string of the molecule is COc1nc(NCCCOCCN)nc(OC)n1. The van der Waals surface area contributed by atoms with Crippen molar-refractivity contribution in [2.45, 2.75) is 6.42 Å². The third kappa shape index (κ3) is 5.11. The van der Waals surface area contributed by atoms with Gasteiger partial charge in [0.25, 0.3) is 0 Å². The molecule has 0 saturated carbocycles. The van der Waals surface area contributed by atoms with E-state index in [1.54, 1.807) is 0 Å². The molecule has 0 unspecified atom stereocenters. The van der Waals surface area contributed by atoms with Gasteiger partial charge in [-0.1, -0.05) is 0 Å².